The van der Waals surface area contributed by atoms with Gasteiger partial charge in [-0.1, -0.05) is 0 Å². The zero-order valence-electron chi connectivity index (χ0n) is 11.7. The van der Waals surface area contributed by atoms with Gasteiger partial charge in [0.2, 0.25) is 5.52 Å². The summed E-state index contributed by atoms with van der Waals surface area (Å²) in [6, 6.07) is 7.56. The molecule has 0 fully saturated rings. The predicted octanol–water partition coefficient (Wildman–Crippen LogP) is 3.44. The zero-order valence-corrected chi connectivity index (χ0v) is 11.7. The number of hydrogen-bond donors (Lipinski definition) is 0. The molecule has 0 unspecified atom stereocenters. The van der Waals surface area contributed by atoms with E-state index in [2.05, 4.69) is 27.7 Å². The second-order valence-electron chi connectivity index (χ2n) is 5.60. The molecule has 0 aliphatic carbocycles. The Labute approximate surface area is 112 Å². The molecule has 0 bridgehead atoms. The molecule has 19 heavy (non-hydrogen) atoms. The van der Waals surface area contributed by atoms with Gasteiger partial charge in [0.05, 0.1) is 5.39 Å². The van der Waals surface area contributed by atoms with Crippen LogP contribution in [-0.4, -0.2) is 5.60 Å². The molecule has 1 aliphatic rings. The molecule has 1 aliphatic heterocycles. The van der Waals surface area contributed by atoms with Crippen molar-refractivity contribution in [1.29, 1.82) is 0 Å². The van der Waals surface area contributed by atoms with E-state index in [1.807, 2.05) is 18.2 Å². The number of benzene rings is 1. The van der Waals surface area contributed by atoms with Crippen molar-refractivity contribution in [2.75, 3.05) is 0 Å². The Hall–Kier alpha value is -2.03. The lowest BCUT2D eigenvalue weighted by Crippen LogP contribution is -2.33. The van der Waals surface area contributed by atoms with Crippen molar-refractivity contribution in [2.45, 2.75) is 33.3 Å². The van der Waals surface area contributed by atoms with Crippen LogP contribution in [0.15, 0.2) is 36.0 Å². The number of rotatable bonds is 0. The summed E-state index contributed by atoms with van der Waals surface area (Å²) in [4.78, 5) is 0. The number of pyridine rings is 1. The monoisotopic (exact) mass is 255 g/mol. The lowest BCUT2D eigenvalue weighted by molar-refractivity contribution is -0.577. The van der Waals surface area contributed by atoms with Gasteiger partial charge in [-0.05, 0) is 51.0 Å². The van der Waals surface area contributed by atoms with Gasteiger partial charge < -0.3 is 9.94 Å². The maximum Gasteiger partial charge on any atom is 0.224 e. The largest absolute Gasteiger partial charge is 0.618 e. The summed E-state index contributed by atoms with van der Waals surface area (Å²) in [5, 5.41) is 12.7. The normalized spacial score (nSPS) is 17.3. The minimum absolute atomic E-state index is 0.299. The van der Waals surface area contributed by atoms with Crippen molar-refractivity contribution in [3.63, 3.8) is 0 Å². The third-order valence-corrected chi connectivity index (χ3v) is 4.10. The molecule has 3 rings (SSSR count). The first-order chi connectivity index (χ1) is 8.90. The van der Waals surface area contributed by atoms with Gasteiger partial charge in [0, 0.05) is 17.7 Å². The molecule has 0 radical (unpaired) electrons. The summed E-state index contributed by atoms with van der Waals surface area (Å²) >= 11 is 0. The standard InChI is InChI=1S/C16H17NO2/c1-10-11(2)16(3,4)19-15-8-12-6-5-7-17(18)14(12)9-13(10)15/h5-9H,1-4H3. The van der Waals surface area contributed by atoms with Crippen LogP contribution in [0.2, 0.25) is 0 Å². The van der Waals surface area contributed by atoms with E-state index in [-0.39, 0.29) is 5.60 Å². The van der Waals surface area contributed by atoms with E-state index in [1.165, 1.54) is 17.3 Å². The molecular formula is C16H17NO2. The van der Waals surface area contributed by atoms with E-state index in [9.17, 15) is 5.21 Å². The molecular weight excluding hydrogens is 238 g/mol. The lowest BCUT2D eigenvalue weighted by atomic mass is 9.87. The predicted molar refractivity (Wildman–Crippen MR) is 75.9 cm³/mol. The number of ether oxygens (including phenoxy) is 1. The minimum atomic E-state index is -0.299. The maximum atomic E-state index is 11.8. The topological polar surface area (TPSA) is 36.2 Å². The maximum absolute atomic E-state index is 11.8. The SMILES string of the molecule is CC1=C(C)C(C)(C)Oc2cc3ccc[n+]([O-])c3cc21. The summed E-state index contributed by atoms with van der Waals surface area (Å²) in [7, 11) is 0. The van der Waals surface area contributed by atoms with Gasteiger partial charge in [-0.15, -0.1) is 0 Å². The molecule has 0 atom stereocenters. The van der Waals surface area contributed by atoms with Gasteiger partial charge >= 0.3 is 0 Å². The van der Waals surface area contributed by atoms with Crippen molar-refractivity contribution in [1.82, 2.24) is 0 Å². The summed E-state index contributed by atoms with van der Waals surface area (Å²) in [5.41, 5.74) is 3.79. The molecule has 0 amide bonds. The van der Waals surface area contributed by atoms with Crippen LogP contribution in [0.1, 0.15) is 33.3 Å². The van der Waals surface area contributed by atoms with Gasteiger partial charge in [-0.25, -0.2) is 0 Å². The van der Waals surface area contributed by atoms with Crippen LogP contribution in [0.5, 0.6) is 5.75 Å². The summed E-state index contributed by atoms with van der Waals surface area (Å²) in [6.07, 6.45) is 1.52. The Balaban J connectivity index is 2.35. The van der Waals surface area contributed by atoms with Crippen molar-refractivity contribution in [2.24, 2.45) is 0 Å². The Morgan fingerprint density at radius 3 is 2.68 bits per heavy atom. The van der Waals surface area contributed by atoms with E-state index in [0.29, 0.717) is 5.52 Å². The van der Waals surface area contributed by atoms with Crippen LogP contribution in [-0.2, 0) is 0 Å². The van der Waals surface area contributed by atoms with Crippen LogP contribution in [0.4, 0.5) is 0 Å². The van der Waals surface area contributed by atoms with Gasteiger partial charge in [0.25, 0.3) is 0 Å². The fraction of sp³-hybridized carbons (Fsp3) is 0.312. The Bertz CT molecular complexity index is 714. The Morgan fingerprint density at radius 1 is 1.21 bits per heavy atom. The fourth-order valence-corrected chi connectivity index (χ4v) is 2.60. The van der Waals surface area contributed by atoms with Crippen LogP contribution in [0.25, 0.3) is 16.5 Å². The minimum Gasteiger partial charge on any atom is -0.618 e. The summed E-state index contributed by atoms with van der Waals surface area (Å²) in [6.45, 7) is 8.30. The van der Waals surface area contributed by atoms with E-state index < -0.39 is 0 Å². The number of fused-ring (bicyclic) bond motifs is 2. The number of hydrogen-bond acceptors (Lipinski definition) is 2. The molecule has 2 heterocycles. The molecule has 3 heteroatoms. The second-order valence-corrected chi connectivity index (χ2v) is 5.60. The molecule has 98 valence electrons. The summed E-state index contributed by atoms with van der Waals surface area (Å²) in [5.74, 6) is 0.854. The molecule has 0 saturated heterocycles. The number of nitrogens with zero attached hydrogens (tertiary/aromatic N) is 1. The molecule has 0 spiro atoms. The van der Waals surface area contributed by atoms with Crippen LogP contribution in [0, 0.1) is 5.21 Å². The Kier molecular flexibility index (Phi) is 2.36. The number of allylic oxidation sites excluding steroid dienone is 1. The highest BCUT2D eigenvalue weighted by molar-refractivity contribution is 5.86. The molecule has 0 N–H and O–H groups in total. The smallest absolute Gasteiger partial charge is 0.224 e. The highest BCUT2D eigenvalue weighted by atomic mass is 16.5. The molecule has 1 aromatic carbocycles. The summed E-state index contributed by atoms with van der Waals surface area (Å²) < 4.78 is 6.98. The quantitative estimate of drug-likeness (QED) is 0.534. The molecule has 0 saturated carbocycles. The first-order valence-electron chi connectivity index (χ1n) is 6.43. The van der Waals surface area contributed by atoms with Gasteiger partial charge in [0.1, 0.15) is 11.4 Å². The van der Waals surface area contributed by atoms with Crippen molar-refractivity contribution in [3.05, 3.63) is 46.8 Å². The highest BCUT2D eigenvalue weighted by Crippen LogP contribution is 2.41. The average molecular weight is 255 g/mol. The van der Waals surface area contributed by atoms with Crippen molar-refractivity contribution < 1.29 is 9.47 Å². The van der Waals surface area contributed by atoms with Crippen molar-refractivity contribution >= 4 is 16.5 Å². The van der Waals surface area contributed by atoms with Crippen LogP contribution in [0.3, 0.4) is 0 Å². The second kappa shape index (κ2) is 3.73. The molecule has 3 nitrogen and oxygen atoms in total. The van der Waals surface area contributed by atoms with Gasteiger partial charge in [-0.3, -0.25) is 0 Å². The van der Waals surface area contributed by atoms with E-state index in [1.54, 1.807) is 6.07 Å². The van der Waals surface area contributed by atoms with Crippen LogP contribution >= 0.6 is 0 Å². The zero-order chi connectivity index (χ0) is 13.8. The number of aromatic nitrogens is 1. The highest BCUT2D eigenvalue weighted by Gasteiger charge is 2.31. The third-order valence-electron chi connectivity index (χ3n) is 4.10. The van der Waals surface area contributed by atoms with Crippen LogP contribution < -0.4 is 9.47 Å². The van der Waals surface area contributed by atoms with E-state index in [4.69, 9.17) is 4.74 Å². The van der Waals surface area contributed by atoms with Crippen molar-refractivity contribution in [3.8, 4) is 5.75 Å². The third kappa shape index (κ3) is 1.69. The lowest BCUT2D eigenvalue weighted by Gasteiger charge is -2.34. The first-order valence-corrected chi connectivity index (χ1v) is 6.43. The Morgan fingerprint density at radius 2 is 1.95 bits per heavy atom. The molecule has 2 aromatic rings. The van der Waals surface area contributed by atoms with Gasteiger partial charge in [-0.2, -0.15) is 4.73 Å². The fourth-order valence-electron chi connectivity index (χ4n) is 2.60. The molecule has 1 aromatic heterocycles. The van der Waals surface area contributed by atoms with E-state index >= 15 is 0 Å². The average Bonchev–Trinajstić information content (AvgIpc) is 2.35. The van der Waals surface area contributed by atoms with E-state index in [0.717, 1.165) is 21.4 Å². The van der Waals surface area contributed by atoms with Gasteiger partial charge in [0.15, 0.2) is 6.20 Å². The first kappa shape index (κ1) is 12.0.